The van der Waals surface area contributed by atoms with Gasteiger partial charge < -0.3 is 18.8 Å². The molecule has 0 spiro atoms. The Bertz CT molecular complexity index is 783. The van der Waals surface area contributed by atoms with Crippen molar-refractivity contribution in [2.75, 3.05) is 19.6 Å². The Kier molecular flexibility index (Phi) is 4.53. The molecular weight excluding hydrogens is 332 g/mol. The first-order chi connectivity index (χ1) is 12.7. The first-order valence-electron chi connectivity index (χ1n) is 9.30. The predicted molar refractivity (Wildman–Crippen MR) is 94.5 cm³/mol. The molecule has 7 nitrogen and oxygen atoms in total. The fraction of sp³-hybridized carbons (Fsp3) is 0.526. The Morgan fingerprint density at radius 3 is 2.96 bits per heavy atom. The lowest BCUT2D eigenvalue weighted by molar-refractivity contribution is -0.139. The number of carbonyl (C=O) groups is 2. The standard InChI is InChI=1S/C19H24N4O3/c1-2-8-23-15-4-3-14(18(23)24)10-22(11-15)19(25)17-6-5-16(26-17)12-21-9-7-20-13-21/h5-7,9,13-15H,2-4,8,10-12H2,1H3/t14-,15+/m1/s1. The summed E-state index contributed by atoms with van der Waals surface area (Å²) >= 11 is 0. The lowest BCUT2D eigenvalue weighted by Gasteiger charge is -2.35. The van der Waals surface area contributed by atoms with Gasteiger partial charge in [-0.3, -0.25) is 9.59 Å². The number of imidazole rings is 1. The van der Waals surface area contributed by atoms with E-state index in [1.807, 2.05) is 21.7 Å². The molecular formula is C19H24N4O3. The van der Waals surface area contributed by atoms with Crippen molar-refractivity contribution in [1.82, 2.24) is 19.4 Å². The van der Waals surface area contributed by atoms with Gasteiger partial charge in [-0.1, -0.05) is 6.92 Å². The number of amides is 2. The fourth-order valence-corrected chi connectivity index (χ4v) is 4.03. The maximum Gasteiger partial charge on any atom is 0.289 e. The lowest BCUT2D eigenvalue weighted by atomic mass is 9.94. The average molecular weight is 356 g/mol. The molecule has 2 bridgehead atoms. The van der Waals surface area contributed by atoms with Crippen molar-refractivity contribution >= 4 is 11.8 Å². The van der Waals surface area contributed by atoms with Crippen LogP contribution in [0.25, 0.3) is 0 Å². The molecule has 0 aromatic carbocycles. The van der Waals surface area contributed by atoms with Crippen LogP contribution >= 0.6 is 0 Å². The maximum absolute atomic E-state index is 12.9. The number of hydrogen-bond donors (Lipinski definition) is 0. The molecule has 0 N–H and O–H groups in total. The summed E-state index contributed by atoms with van der Waals surface area (Å²) in [4.78, 5) is 33.4. The molecule has 3 aliphatic rings. The van der Waals surface area contributed by atoms with Gasteiger partial charge in [0.15, 0.2) is 5.76 Å². The number of nitrogens with zero attached hydrogens (tertiary/aromatic N) is 4. The van der Waals surface area contributed by atoms with Gasteiger partial charge in [0.2, 0.25) is 5.91 Å². The van der Waals surface area contributed by atoms with E-state index < -0.39 is 0 Å². The van der Waals surface area contributed by atoms with Crippen molar-refractivity contribution < 1.29 is 14.0 Å². The highest BCUT2D eigenvalue weighted by Crippen LogP contribution is 2.30. The van der Waals surface area contributed by atoms with Crippen molar-refractivity contribution in [3.05, 3.63) is 42.4 Å². The molecule has 3 fully saturated rings. The zero-order valence-electron chi connectivity index (χ0n) is 15.0. The Hall–Kier alpha value is -2.57. The summed E-state index contributed by atoms with van der Waals surface area (Å²) in [5.74, 6) is 1.07. The second-order valence-corrected chi connectivity index (χ2v) is 7.17. The van der Waals surface area contributed by atoms with Crippen LogP contribution < -0.4 is 0 Å². The third kappa shape index (κ3) is 3.13. The topological polar surface area (TPSA) is 71.6 Å². The predicted octanol–water partition coefficient (Wildman–Crippen LogP) is 2.00. The van der Waals surface area contributed by atoms with E-state index in [4.69, 9.17) is 4.42 Å². The Morgan fingerprint density at radius 2 is 2.19 bits per heavy atom. The maximum atomic E-state index is 12.9. The van der Waals surface area contributed by atoms with Crippen molar-refractivity contribution in [1.29, 1.82) is 0 Å². The van der Waals surface area contributed by atoms with E-state index in [0.29, 0.717) is 31.2 Å². The van der Waals surface area contributed by atoms with E-state index in [1.165, 1.54) is 0 Å². The molecule has 7 heteroatoms. The second kappa shape index (κ2) is 6.97. The molecule has 0 aliphatic carbocycles. The molecule has 3 saturated heterocycles. The van der Waals surface area contributed by atoms with Crippen LogP contribution in [0, 0.1) is 5.92 Å². The number of aromatic nitrogens is 2. The van der Waals surface area contributed by atoms with Crippen LogP contribution in [0.2, 0.25) is 0 Å². The molecule has 2 aromatic heterocycles. The van der Waals surface area contributed by atoms with Crippen LogP contribution in [-0.2, 0) is 11.3 Å². The molecule has 138 valence electrons. The monoisotopic (exact) mass is 356 g/mol. The normalized spacial score (nSPS) is 22.7. The number of carbonyl (C=O) groups excluding carboxylic acids is 2. The molecule has 0 unspecified atom stereocenters. The van der Waals surface area contributed by atoms with E-state index in [1.54, 1.807) is 23.5 Å². The second-order valence-electron chi connectivity index (χ2n) is 7.17. The summed E-state index contributed by atoms with van der Waals surface area (Å²) in [6.07, 6.45) is 8.07. The van der Waals surface area contributed by atoms with Gasteiger partial charge in [0.1, 0.15) is 5.76 Å². The largest absolute Gasteiger partial charge is 0.454 e. The summed E-state index contributed by atoms with van der Waals surface area (Å²) in [5, 5.41) is 0. The van der Waals surface area contributed by atoms with Crippen molar-refractivity contribution in [2.45, 2.75) is 38.8 Å². The van der Waals surface area contributed by atoms with Crippen LogP contribution in [0.15, 0.2) is 35.3 Å². The van der Waals surface area contributed by atoms with Gasteiger partial charge in [-0.25, -0.2) is 4.98 Å². The van der Waals surface area contributed by atoms with Crippen LogP contribution in [0.3, 0.4) is 0 Å². The molecule has 3 aliphatic heterocycles. The third-order valence-corrected chi connectivity index (χ3v) is 5.32. The Balaban J connectivity index is 1.48. The minimum absolute atomic E-state index is 0.0790. The highest BCUT2D eigenvalue weighted by molar-refractivity contribution is 5.92. The van der Waals surface area contributed by atoms with Crippen molar-refractivity contribution in [3.63, 3.8) is 0 Å². The summed E-state index contributed by atoms with van der Waals surface area (Å²) < 4.78 is 7.66. The van der Waals surface area contributed by atoms with Gasteiger partial charge in [0.25, 0.3) is 5.91 Å². The van der Waals surface area contributed by atoms with Crippen LogP contribution in [0.1, 0.15) is 42.5 Å². The van der Waals surface area contributed by atoms with E-state index in [-0.39, 0.29) is 23.8 Å². The number of furan rings is 1. The summed E-state index contributed by atoms with van der Waals surface area (Å²) in [6.45, 7) is 4.49. The van der Waals surface area contributed by atoms with Gasteiger partial charge in [0, 0.05) is 38.1 Å². The molecule has 0 saturated carbocycles. The van der Waals surface area contributed by atoms with Crippen LogP contribution in [-0.4, -0.2) is 56.8 Å². The minimum atomic E-state index is -0.120. The van der Waals surface area contributed by atoms with Crippen LogP contribution in [0.5, 0.6) is 0 Å². The summed E-state index contributed by atoms with van der Waals surface area (Å²) in [5.41, 5.74) is 0. The van der Waals surface area contributed by atoms with Gasteiger partial charge in [-0.15, -0.1) is 0 Å². The number of fused-ring (bicyclic) bond motifs is 4. The molecule has 2 amide bonds. The van der Waals surface area contributed by atoms with E-state index in [9.17, 15) is 9.59 Å². The zero-order valence-corrected chi connectivity index (χ0v) is 15.0. The SMILES string of the molecule is CCCN1C(=O)[C@@H]2CC[C@H]1CN(C(=O)c1ccc(Cn3ccnc3)o1)C2. The number of hydrogen-bond acceptors (Lipinski definition) is 4. The Labute approximate surface area is 152 Å². The molecule has 2 aromatic rings. The van der Waals surface area contributed by atoms with Gasteiger partial charge in [-0.05, 0) is 31.4 Å². The number of rotatable bonds is 5. The fourth-order valence-electron chi connectivity index (χ4n) is 4.03. The van der Waals surface area contributed by atoms with E-state index >= 15 is 0 Å². The third-order valence-electron chi connectivity index (χ3n) is 5.32. The summed E-state index contributed by atoms with van der Waals surface area (Å²) in [6, 6.07) is 3.69. The highest BCUT2D eigenvalue weighted by atomic mass is 16.4. The first kappa shape index (κ1) is 16.9. The van der Waals surface area contributed by atoms with Gasteiger partial charge >= 0.3 is 0 Å². The van der Waals surface area contributed by atoms with Crippen LogP contribution in [0.4, 0.5) is 0 Å². The van der Waals surface area contributed by atoms with Gasteiger partial charge in [0.05, 0.1) is 18.8 Å². The lowest BCUT2D eigenvalue weighted by Crippen LogP contribution is -2.48. The molecule has 5 rings (SSSR count). The smallest absolute Gasteiger partial charge is 0.289 e. The number of piperidine rings is 1. The van der Waals surface area contributed by atoms with E-state index in [0.717, 1.165) is 25.8 Å². The molecule has 26 heavy (non-hydrogen) atoms. The molecule has 5 heterocycles. The van der Waals surface area contributed by atoms with Crippen molar-refractivity contribution in [3.8, 4) is 0 Å². The summed E-state index contributed by atoms with van der Waals surface area (Å²) in [7, 11) is 0. The minimum Gasteiger partial charge on any atom is -0.454 e. The van der Waals surface area contributed by atoms with Crippen molar-refractivity contribution in [2.24, 2.45) is 5.92 Å². The molecule has 0 radical (unpaired) electrons. The Morgan fingerprint density at radius 1 is 1.31 bits per heavy atom. The zero-order chi connectivity index (χ0) is 18.1. The van der Waals surface area contributed by atoms with E-state index in [2.05, 4.69) is 11.9 Å². The quantitative estimate of drug-likeness (QED) is 0.821. The highest BCUT2D eigenvalue weighted by Gasteiger charge is 2.41. The van der Waals surface area contributed by atoms with Gasteiger partial charge in [-0.2, -0.15) is 0 Å². The molecule has 2 atom stereocenters. The first-order valence-corrected chi connectivity index (χ1v) is 9.30. The average Bonchev–Trinajstić information content (AvgIpc) is 3.24.